The van der Waals surface area contributed by atoms with E-state index < -0.39 is 15.2 Å². The van der Waals surface area contributed by atoms with Crippen molar-refractivity contribution in [2.45, 2.75) is 37.6 Å². The smallest absolute Gasteiger partial charge is 0.166 e. The summed E-state index contributed by atoms with van der Waals surface area (Å²) < 4.78 is 24.8. The van der Waals surface area contributed by atoms with Gasteiger partial charge in [0.05, 0.1) is 17.6 Å². The molecule has 2 rings (SSSR count). The average Bonchev–Trinajstić information content (AvgIpc) is 2.97. The van der Waals surface area contributed by atoms with Crippen molar-refractivity contribution in [2.75, 3.05) is 23.8 Å². The molecule has 0 spiro atoms. The van der Waals surface area contributed by atoms with Crippen molar-refractivity contribution in [3.63, 3.8) is 0 Å². The van der Waals surface area contributed by atoms with Crippen molar-refractivity contribution in [1.29, 1.82) is 0 Å². The van der Waals surface area contributed by atoms with Crippen LogP contribution in [-0.4, -0.2) is 47.5 Å². The molecule has 0 saturated carbocycles. The SMILES string of the molecule is CCC(c1nc(CCl)cs1)N1CCSCC1S(=O)(=O)CC. The molecule has 8 heteroatoms. The maximum Gasteiger partial charge on any atom is 0.166 e. The number of nitrogens with zero attached hydrogens (tertiary/aromatic N) is 2. The minimum absolute atomic E-state index is 0.0687. The van der Waals surface area contributed by atoms with E-state index in [2.05, 4.69) is 16.8 Å². The lowest BCUT2D eigenvalue weighted by molar-refractivity contribution is 0.187. The van der Waals surface area contributed by atoms with Gasteiger partial charge in [0.15, 0.2) is 9.84 Å². The zero-order valence-corrected chi connectivity index (χ0v) is 15.5. The van der Waals surface area contributed by atoms with Crippen LogP contribution in [0.5, 0.6) is 0 Å². The number of thiazole rings is 1. The monoisotopic (exact) mass is 368 g/mol. The Labute approximate surface area is 140 Å². The van der Waals surface area contributed by atoms with Gasteiger partial charge in [0.2, 0.25) is 0 Å². The van der Waals surface area contributed by atoms with Crippen molar-refractivity contribution >= 4 is 44.5 Å². The predicted molar refractivity (Wildman–Crippen MR) is 92.0 cm³/mol. The van der Waals surface area contributed by atoms with Crippen molar-refractivity contribution < 1.29 is 8.42 Å². The molecule has 1 aliphatic heterocycles. The number of thioether (sulfide) groups is 1. The minimum Gasteiger partial charge on any atom is -0.276 e. The summed E-state index contributed by atoms with van der Waals surface area (Å²) in [6.07, 6.45) is 0.857. The summed E-state index contributed by atoms with van der Waals surface area (Å²) in [6, 6.07) is 0.0687. The Morgan fingerprint density at radius 2 is 2.29 bits per heavy atom. The van der Waals surface area contributed by atoms with Gasteiger partial charge in [0.1, 0.15) is 10.4 Å². The minimum atomic E-state index is -3.08. The Hall–Kier alpha value is 0.180. The van der Waals surface area contributed by atoms with Crippen molar-refractivity contribution in [3.8, 4) is 0 Å². The van der Waals surface area contributed by atoms with E-state index in [1.54, 1.807) is 30.0 Å². The number of rotatable bonds is 6. The van der Waals surface area contributed by atoms with E-state index in [1.807, 2.05) is 5.38 Å². The summed E-state index contributed by atoms with van der Waals surface area (Å²) in [7, 11) is -3.08. The van der Waals surface area contributed by atoms with Crippen LogP contribution in [0.15, 0.2) is 5.38 Å². The lowest BCUT2D eigenvalue weighted by Gasteiger charge is -2.39. The molecule has 0 aromatic carbocycles. The highest BCUT2D eigenvalue weighted by Crippen LogP contribution is 2.34. The van der Waals surface area contributed by atoms with Crippen LogP contribution in [-0.2, 0) is 15.7 Å². The Kier molecular flexibility index (Phi) is 6.38. The number of sulfone groups is 1. The zero-order valence-electron chi connectivity index (χ0n) is 12.3. The van der Waals surface area contributed by atoms with Crippen molar-refractivity contribution in [1.82, 2.24) is 9.88 Å². The molecule has 1 aliphatic rings. The molecule has 1 aromatic heterocycles. The van der Waals surface area contributed by atoms with Gasteiger partial charge in [-0.25, -0.2) is 13.4 Å². The summed E-state index contributed by atoms with van der Waals surface area (Å²) >= 11 is 9.13. The van der Waals surface area contributed by atoms with Crippen LogP contribution in [0.3, 0.4) is 0 Å². The standard InChI is InChI=1S/C13H21ClN2O2S3/c1-3-11(13-15-10(7-14)8-20-13)16-5-6-19-9-12(16)21(17,18)4-2/h8,11-12H,3-7,9H2,1-2H3. The highest BCUT2D eigenvalue weighted by Gasteiger charge is 2.37. The largest absolute Gasteiger partial charge is 0.276 e. The summed E-state index contributed by atoms with van der Waals surface area (Å²) in [5.74, 6) is 2.22. The summed E-state index contributed by atoms with van der Waals surface area (Å²) in [5, 5.41) is 2.55. The van der Waals surface area contributed by atoms with Crippen molar-refractivity contribution in [2.24, 2.45) is 0 Å². The van der Waals surface area contributed by atoms with E-state index in [9.17, 15) is 8.42 Å². The molecule has 1 aromatic rings. The second kappa shape index (κ2) is 7.64. The van der Waals surface area contributed by atoms with Gasteiger partial charge in [-0.1, -0.05) is 13.8 Å². The van der Waals surface area contributed by atoms with Gasteiger partial charge in [0, 0.05) is 29.2 Å². The molecule has 21 heavy (non-hydrogen) atoms. The third-order valence-electron chi connectivity index (χ3n) is 3.72. The van der Waals surface area contributed by atoms with Gasteiger partial charge in [-0.05, 0) is 6.42 Å². The fourth-order valence-corrected chi connectivity index (χ4v) is 6.86. The van der Waals surface area contributed by atoms with E-state index in [0.29, 0.717) is 11.6 Å². The molecule has 0 radical (unpaired) electrons. The molecular formula is C13H21ClN2O2S3. The number of aromatic nitrogens is 1. The number of hydrogen-bond acceptors (Lipinski definition) is 6. The number of halogens is 1. The molecule has 1 saturated heterocycles. The summed E-state index contributed by atoms with van der Waals surface area (Å²) in [6.45, 7) is 4.61. The molecule has 2 unspecified atom stereocenters. The van der Waals surface area contributed by atoms with E-state index in [0.717, 1.165) is 29.4 Å². The maximum atomic E-state index is 12.4. The summed E-state index contributed by atoms with van der Waals surface area (Å²) in [4.78, 5) is 6.69. The van der Waals surface area contributed by atoms with Crippen molar-refractivity contribution in [3.05, 3.63) is 16.1 Å². The normalized spacial score (nSPS) is 22.3. The highest BCUT2D eigenvalue weighted by molar-refractivity contribution is 8.01. The molecule has 2 atom stereocenters. The third-order valence-corrected chi connectivity index (χ3v) is 8.29. The second-order valence-corrected chi connectivity index (χ2v) is 9.71. The van der Waals surface area contributed by atoms with Gasteiger partial charge in [-0.15, -0.1) is 22.9 Å². The van der Waals surface area contributed by atoms with Crippen LogP contribution in [0.4, 0.5) is 0 Å². The average molecular weight is 369 g/mol. The first-order chi connectivity index (χ1) is 10.0. The van der Waals surface area contributed by atoms with Gasteiger partial charge >= 0.3 is 0 Å². The molecular weight excluding hydrogens is 348 g/mol. The second-order valence-electron chi connectivity index (χ2n) is 4.95. The first-order valence-corrected chi connectivity index (χ1v) is 11.4. The first kappa shape index (κ1) is 17.5. The lowest BCUT2D eigenvalue weighted by atomic mass is 10.2. The third kappa shape index (κ3) is 3.93. The molecule has 4 nitrogen and oxygen atoms in total. The van der Waals surface area contributed by atoms with Gasteiger partial charge in [0.25, 0.3) is 0 Å². The Balaban J connectivity index is 2.29. The molecule has 120 valence electrons. The molecule has 0 N–H and O–H groups in total. The van der Waals surface area contributed by atoms with E-state index in [-0.39, 0.29) is 11.8 Å². The fourth-order valence-electron chi connectivity index (χ4n) is 2.54. The Morgan fingerprint density at radius 3 is 2.86 bits per heavy atom. The van der Waals surface area contributed by atoms with Crippen LogP contribution in [0, 0.1) is 0 Å². The van der Waals surface area contributed by atoms with E-state index in [4.69, 9.17) is 11.6 Å². The maximum absolute atomic E-state index is 12.4. The topological polar surface area (TPSA) is 50.3 Å². The predicted octanol–water partition coefficient (Wildman–Crippen LogP) is 3.14. The molecule has 2 heterocycles. The van der Waals surface area contributed by atoms with Crippen LogP contribution >= 0.6 is 34.7 Å². The van der Waals surface area contributed by atoms with Crippen LogP contribution < -0.4 is 0 Å². The number of hydrogen-bond donors (Lipinski definition) is 0. The van der Waals surface area contributed by atoms with E-state index >= 15 is 0 Å². The van der Waals surface area contributed by atoms with Crippen LogP contribution in [0.1, 0.15) is 37.0 Å². The van der Waals surface area contributed by atoms with Crippen LogP contribution in [0.25, 0.3) is 0 Å². The van der Waals surface area contributed by atoms with Crippen LogP contribution in [0.2, 0.25) is 0 Å². The fraction of sp³-hybridized carbons (Fsp3) is 0.769. The Bertz CT molecular complexity index is 562. The van der Waals surface area contributed by atoms with Gasteiger partial charge < -0.3 is 0 Å². The molecule has 0 amide bonds. The van der Waals surface area contributed by atoms with E-state index in [1.165, 1.54) is 0 Å². The van der Waals surface area contributed by atoms with Gasteiger partial charge in [-0.2, -0.15) is 11.8 Å². The molecule has 0 aliphatic carbocycles. The zero-order chi connectivity index (χ0) is 15.5. The number of alkyl halides is 1. The first-order valence-electron chi connectivity index (χ1n) is 7.08. The Morgan fingerprint density at radius 1 is 1.52 bits per heavy atom. The molecule has 1 fully saturated rings. The molecule has 0 bridgehead atoms. The lowest BCUT2D eigenvalue weighted by Crippen LogP contribution is -2.49. The highest BCUT2D eigenvalue weighted by atomic mass is 35.5. The summed E-state index contributed by atoms with van der Waals surface area (Å²) in [5.41, 5.74) is 0.872. The van der Waals surface area contributed by atoms with Gasteiger partial charge in [-0.3, -0.25) is 4.90 Å². The quantitative estimate of drug-likeness (QED) is 0.722.